The Kier molecular flexibility index (Phi) is 3.81. The van der Waals surface area contributed by atoms with Gasteiger partial charge in [-0.25, -0.2) is 0 Å². The van der Waals surface area contributed by atoms with Crippen molar-refractivity contribution in [3.05, 3.63) is 52.5 Å². The van der Waals surface area contributed by atoms with E-state index in [1.807, 2.05) is 6.92 Å². The highest BCUT2D eigenvalue weighted by molar-refractivity contribution is 6.30. The summed E-state index contributed by atoms with van der Waals surface area (Å²) >= 11 is 5.87. The molecule has 0 fully saturated rings. The number of nitrogens with one attached hydrogen (secondary N) is 1. The number of rotatable bonds is 2. The van der Waals surface area contributed by atoms with Gasteiger partial charge in [0.1, 0.15) is 0 Å². The van der Waals surface area contributed by atoms with Gasteiger partial charge in [0, 0.05) is 22.1 Å². The molecule has 3 N–H and O–H groups in total. The summed E-state index contributed by atoms with van der Waals surface area (Å²) < 4.78 is 38.3. The lowest BCUT2D eigenvalue weighted by molar-refractivity contribution is -0.136. The van der Waals surface area contributed by atoms with Crippen molar-refractivity contribution in [2.24, 2.45) is 0 Å². The van der Waals surface area contributed by atoms with Gasteiger partial charge in [-0.1, -0.05) is 17.7 Å². The second-order valence-corrected chi connectivity index (χ2v) is 4.82. The van der Waals surface area contributed by atoms with E-state index < -0.39 is 11.7 Å². The fourth-order valence-electron chi connectivity index (χ4n) is 1.76. The van der Waals surface area contributed by atoms with Crippen LogP contribution in [0.2, 0.25) is 5.02 Å². The third-order valence-corrected chi connectivity index (χ3v) is 3.07. The highest BCUT2D eigenvalue weighted by atomic mass is 35.5. The van der Waals surface area contributed by atoms with Crippen molar-refractivity contribution in [3.8, 4) is 0 Å². The molecule has 0 spiro atoms. The average molecular weight is 301 g/mol. The quantitative estimate of drug-likeness (QED) is 0.767. The van der Waals surface area contributed by atoms with E-state index >= 15 is 0 Å². The molecule has 0 atom stereocenters. The number of nitrogens with two attached hydrogens (primary N) is 1. The molecule has 0 radical (unpaired) electrons. The van der Waals surface area contributed by atoms with E-state index in [0.29, 0.717) is 16.4 Å². The summed E-state index contributed by atoms with van der Waals surface area (Å²) in [5, 5.41) is 3.42. The molecule has 0 saturated carbocycles. The number of halogens is 4. The first kappa shape index (κ1) is 14.5. The molecule has 2 rings (SSSR count). The highest BCUT2D eigenvalue weighted by Crippen LogP contribution is 2.36. The van der Waals surface area contributed by atoms with Crippen LogP contribution in [0.5, 0.6) is 0 Å². The zero-order chi connectivity index (χ0) is 14.9. The molecule has 0 saturated heterocycles. The largest absolute Gasteiger partial charge is 0.418 e. The van der Waals surface area contributed by atoms with Gasteiger partial charge in [-0.15, -0.1) is 0 Å². The molecule has 2 aromatic carbocycles. The van der Waals surface area contributed by atoms with Crippen molar-refractivity contribution in [2.45, 2.75) is 13.1 Å². The summed E-state index contributed by atoms with van der Waals surface area (Å²) in [7, 11) is 0. The minimum Gasteiger partial charge on any atom is -0.398 e. The smallest absolute Gasteiger partial charge is 0.398 e. The number of anilines is 3. The Morgan fingerprint density at radius 1 is 1.10 bits per heavy atom. The minimum atomic E-state index is -4.48. The van der Waals surface area contributed by atoms with Gasteiger partial charge < -0.3 is 11.1 Å². The summed E-state index contributed by atoms with van der Waals surface area (Å²) in [6.45, 7) is 1.83. The van der Waals surface area contributed by atoms with Gasteiger partial charge in [-0.2, -0.15) is 13.2 Å². The molecular weight excluding hydrogens is 289 g/mol. The van der Waals surface area contributed by atoms with Gasteiger partial charge in [0.25, 0.3) is 0 Å². The van der Waals surface area contributed by atoms with Gasteiger partial charge in [0.2, 0.25) is 0 Å². The number of hydrogen-bond acceptors (Lipinski definition) is 2. The van der Waals surface area contributed by atoms with Crippen LogP contribution in [0, 0.1) is 6.92 Å². The highest BCUT2D eigenvalue weighted by Gasteiger charge is 2.33. The lowest BCUT2D eigenvalue weighted by Crippen LogP contribution is -2.09. The zero-order valence-electron chi connectivity index (χ0n) is 10.6. The van der Waals surface area contributed by atoms with Crippen LogP contribution in [-0.2, 0) is 6.18 Å². The molecule has 0 unspecified atom stereocenters. The first-order valence-corrected chi connectivity index (χ1v) is 6.15. The number of hydrogen-bond donors (Lipinski definition) is 2. The summed E-state index contributed by atoms with van der Waals surface area (Å²) in [5.41, 5.74) is 6.02. The minimum absolute atomic E-state index is 0.300. The lowest BCUT2D eigenvalue weighted by atomic mass is 10.1. The maximum absolute atomic E-state index is 12.8. The third kappa shape index (κ3) is 3.17. The molecule has 0 aromatic heterocycles. The Hall–Kier alpha value is -1.88. The maximum Gasteiger partial charge on any atom is 0.418 e. The Balaban J connectivity index is 2.37. The Morgan fingerprint density at radius 2 is 1.80 bits per heavy atom. The van der Waals surface area contributed by atoms with Crippen LogP contribution in [0.25, 0.3) is 0 Å². The van der Waals surface area contributed by atoms with E-state index in [-0.39, 0.29) is 5.69 Å². The molecule has 0 heterocycles. The normalized spacial score (nSPS) is 11.4. The predicted octanol–water partition coefficient (Wildman–Crippen LogP) is 4.99. The van der Waals surface area contributed by atoms with Crippen molar-refractivity contribution < 1.29 is 13.2 Å². The van der Waals surface area contributed by atoms with E-state index in [2.05, 4.69) is 5.32 Å². The summed E-state index contributed by atoms with van der Waals surface area (Å²) in [5.74, 6) is 0. The van der Waals surface area contributed by atoms with Gasteiger partial charge in [0.05, 0.1) is 5.56 Å². The van der Waals surface area contributed by atoms with Crippen molar-refractivity contribution in [2.75, 3.05) is 11.1 Å². The first-order valence-electron chi connectivity index (χ1n) is 5.77. The van der Waals surface area contributed by atoms with Crippen LogP contribution in [0.15, 0.2) is 36.4 Å². The molecule has 2 aromatic rings. The molecule has 0 bridgehead atoms. The van der Waals surface area contributed by atoms with Crippen molar-refractivity contribution >= 4 is 28.7 Å². The standard InChI is InChI=1S/C14H12ClF3N2/c1-8-2-3-9(15)6-13(8)20-10-4-5-12(19)11(7-10)14(16,17)18/h2-7,20H,19H2,1H3. The monoisotopic (exact) mass is 300 g/mol. The molecule has 2 nitrogen and oxygen atoms in total. The summed E-state index contributed by atoms with van der Waals surface area (Å²) in [6.07, 6.45) is -4.48. The lowest BCUT2D eigenvalue weighted by Gasteiger charge is -2.14. The Bertz CT molecular complexity index is 639. The van der Waals surface area contributed by atoms with Gasteiger partial charge in [0.15, 0.2) is 0 Å². The maximum atomic E-state index is 12.8. The number of nitrogen functional groups attached to an aromatic ring is 1. The molecule has 106 valence electrons. The van der Waals surface area contributed by atoms with Crippen LogP contribution in [0.1, 0.15) is 11.1 Å². The number of aryl methyl sites for hydroxylation is 1. The number of benzene rings is 2. The second-order valence-electron chi connectivity index (χ2n) is 4.38. The first-order chi connectivity index (χ1) is 9.27. The predicted molar refractivity (Wildman–Crippen MR) is 75.3 cm³/mol. The molecule has 6 heteroatoms. The molecule has 0 aliphatic heterocycles. The van der Waals surface area contributed by atoms with Crippen LogP contribution in [0.4, 0.5) is 30.2 Å². The fourth-order valence-corrected chi connectivity index (χ4v) is 1.94. The van der Waals surface area contributed by atoms with Crippen molar-refractivity contribution in [3.63, 3.8) is 0 Å². The SMILES string of the molecule is Cc1ccc(Cl)cc1Nc1ccc(N)c(C(F)(F)F)c1. The Labute approximate surface area is 119 Å². The van der Waals surface area contributed by atoms with E-state index in [4.69, 9.17) is 17.3 Å². The second kappa shape index (κ2) is 5.25. The van der Waals surface area contributed by atoms with Crippen LogP contribution >= 0.6 is 11.6 Å². The van der Waals surface area contributed by atoms with E-state index in [1.54, 1.807) is 18.2 Å². The average Bonchev–Trinajstić information content (AvgIpc) is 2.35. The van der Waals surface area contributed by atoms with Gasteiger partial charge in [-0.05, 0) is 42.8 Å². The number of alkyl halides is 3. The van der Waals surface area contributed by atoms with Gasteiger partial charge in [-0.3, -0.25) is 0 Å². The van der Waals surface area contributed by atoms with E-state index in [1.165, 1.54) is 12.1 Å². The Morgan fingerprint density at radius 3 is 2.45 bits per heavy atom. The molecule has 0 amide bonds. The zero-order valence-corrected chi connectivity index (χ0v) is 11.3. The third-order valence-electron chi connectivity index (χ3n) is 2.84. The van der Waals surface area contributed by atoms with E-state index in [0.717, 1.165) is 11.6 Å². The van der Waals surface area contributed by atoms with Crippen LogP contribution in [-0.4, -0.2) is 0 Å². The topological polar surface area (TPSA) is 38.0 Å². The van der Waals surface area contributed by atoms with Crippen molar-refractivity contribution in [1.29, 1.82) is 0 Å². The molecule has 20 heavy (non-hydrogen) atoms. The van der Waals surface area contributed by atoms with Gasteiger partial charge >= 0.3 is 6.18 Å². The van der Waals surface area contributed by atoms with Crippen molar-refractivity contribution in [1.82, 2.24) is 0 Å². The van der Waals surface area contributed by atoms with E-state index in [9.17, 15) is 13.2 Å². The summed E-state index contributed by atoms with van der Waals surface area (Å²) in [6, 6.07) is 8.85. The molecular formula is C14H12ClF3N2. The molecule has 0 aliphatic carbocycles. The van der Waals surface area contributed by atoms with Crippen LogP contribution < -0.4 is 11.1 Å². The fraction of sp³-hybridized carbons (Fsp3) is 0.143. The van der Waals surface area contributed by atoms with Crippen LogP contribution in [0.3, 0.4) is 0 Å². The molecule has 0 aliphatic rings. The summed E-state index contributed by atoms with van der Waals surface area (Å²) in [4.78, 5) is 0.